The number of aliphatic hydroxyl groups is 5. The van der Waals surface area contributed by atoms with Crippen LogP contribution in [0.1, 0.15) is 206 Å². The van der Waals surface area contributed by atoms with E-state index < -0.39 is 63.1 Å². The third kappa shape index (κ3) is 37.3. The summed E-state index contributed by atoms with van der Waals surface area (Å²) in [5.74, 6) is -0.491. The topological polar surface area (TPSA) is 192 Å². The summed E-state index contributed by atoms with van der Waals surface area (Å²) in [4.78, 5) is 23.3. The zero-order valence-corrected chi connectivity index (χ0v) is 44.4. The molecule has 1 rings (SSSR count). The Bertz CT molecular complexity index is 1480. The quantitative estimate of drug-likeness (QED) is 0.0147. The van der Waals surface area contributed by atoms with Gasteiger partial charge < -0.3 is 39.9 Å². The van der Waals surface area contributed by atoms with E-state index in [2.05, 4.69) is 98.9 Å². The minimum absolute atomic E-state index is 0.0913. The molecule has 6 N–H and O–H groups in total. The predicted octanol–water partition coefficient (Wildman–Crippen LogP) is 12.9. The third-order valence-corrected chi connectivity index (χ3v) is 13.2. The van der Waals surface area contributed by atoms with Crippen molar-refractivity contribution in [2.45, 2.75) is 249 Å². The van der Waals surface area contributed by atoms with E-state index in [1.54, 1.807) is 0 Å². The Hall–Kier alpha value is -2.48. The minimum Gasteiger partial charge on any atom is -0.457 e. The summed E-state index contributed by atoms with van der Waals surface area (Å²) in [7, 11) is -5.04. The fourth-order valence-electron chi connectivity index (χ4n) is 7.94. The molecule has 0 bridgehead atoms. The standard InChI is InChI=1S/C57H99O12P/c1-3-5-7-9-11-13-15-17-19-21-23-25-27-29-31-33-35-37-39-41-43-45-47-66-48-50(49-67-70(64,65)69-57-55(62)53(60)52(59)54(61)56(57)63)68-51(58)46-44-42-40-38-36-34-32-30-28-26-24-22-20-18-16-14-12-10-8-6-4-2/h6,8,12,14-15,17-18,20-21,23-24,26-27,29,50,52-57,59-63H,3-5,7,9-11,13,16,19,22,25,28,30-49H2,1-2H3,(H,64,65)/b8-6-,14-12-,17-15-,20-18-,23-21-,26-24-,29-27-. The van der Waals surface area contributed by atoms with Gasteiger partial charge in [-0.05, 0) is 89.9 Å². The van der Waals surface area contributed by atoms with Crippen LogP contribution in [0.4, 0.5) is 0 Å². The molecule has 0 aromatic heterocycles. The number of phosphoric ester groups is 1. The van der Waals surface area contributed by atoms with Crippen LogP contribution in [0, 0.1) is 0 Å². The summed E-state index contributed by atoms with van der Waals surface area (Å²) in [6.45, 7) is 4.12. The van der Waals surface area contributed by atoms with E-state index in [-0.39, 0.29) is 13.0 Å². The number of hydrogen-bond donors (Lipinski definition) is 6. The van der Waals surface area contributed by atoms with Crippen LogP contribution >= 0.6 is 7.82 Å². The Morgan fingerprint density at radius 3 is 1.29 bits per heavy atom. The second-order valence-corrected chi connectivity index (χ2v) is 20.1. The van der Waals surface area contributed by atoms with Gasteiger partial charge in [-0.3, -0.25) is 13.8 Å². The monoisotopic (exact) mass is 1010 g/mol. The second-order valence-electron chi connectivity index (χ2n) is 18.7. The molecular formula is C57H99O12P. The zero-order valence-electron chi connectivity index (χ0n) is 43.5. The normalized spacial score (nSPS) is 21.5. The number of carbonyl (C=O) groups is 1. The summed E-state index contributed by atoms with van der Waals surface area (Å²) in [6.07, 6.45) is 50.7. The van der Waals surface area contributed by atoms with E-state index in [1.165, 1.54) is 77.0 Å². The number of carbonyl (C=O) groups excluding carboxylic acids is 1. The summed E-state index contributed by atoms with van der Waals surface area (Å²) < 4.78 is 34.4. The van der Waals surface area contributed by atoms with Crippen LogP contribution in [0.15, 0.2) is 85.1 Å². The highest BCUT2D eigenvalue weighted by Gasteiger charge is 2.51. The lowest BCUT2D eigenvalue weighted by atomic mass is 9.85. The van der Waals surface area contributed by atoms with E-state index >= 15 is 0 Å². The second kappa shape index (κ2) is 46.3. The molecule has 1 saturated carbocycles. The largest absolute Gasteiger partial charge is 0.472 e. The molecule has 6 unspecified atom stereocenters. The first-order chi connectivity index (χ1) is 34.0. The van der Waals surface area contributed by atoms with E-state index in [0.717, 1.165) is 103 Å². The number of esters is 1. The van der Waals surface area contributed by atoms with Crippen molar-refractivity contribution in [2.75, 3.05) is 19.8 Å². The first kappa shape index (κ1) is 65.5. The van der Waals surface area contributed by atoms with Gasteiger partial charge in [-0.2, -0.15) is 0 Å². The average Bonchev–Trinajstić information content (AvgIpc) is 3.35. The molecule has 1 aliphatic rings. The molecule has 404 valence electrons. The maximum absolute atomic E-state index is 12.9. The van der Waals surface area contributed by atoms with E-state index in [1.807, 2.05) is 0 Å². The smallest absolute Gasteiger partial charge is 0.457 e. The Kier molecular flexibility index (Phi) is 43.4. The molecule has 0 spiro atoms. The molecular weight excluding hydrogens is 908 g/mol. The molecule has 0 radical (unpaired) electrons. The predicted molar refractivity (Wildman–Crippen MR) is 285 cm³/mol. The molecule has 0 amide bonds. The van der Waals surface area contributed by atoms with Crippen molar-refractivity contribution in [1.82, 2.24) is 0 Å². The minimum atomic E-state index is -5.04. The highest BCUT2D eigenvalue weighted by molar-refractivity contribution is 7.47. The Labute approximate surface area is 424 Å². The van der Waals surface area contributed by atoms with Crippen molar-refractivity contribution in [3.05, 3.63) is 85.1 Å². The Morgan fingerprint density at radius 2 is 0.843 bits per heavy atom. The number of unbranched alkanes of at least 4 members (excludes halogenated alkanes) is 20. The van der Waals surface area contributed by atoms with E-state index in [4.69, 9.17) is 18.5 Å². The summed E-state index contributed by atoms with van der Waals surface area (Å²) in [5.41, 5.74) is 0. The number of phosphoric acid groups is 1. The maximum atomic E-state index is 12.9. The number of aliphatic hydroxyl groups excluding tert-OH is 5. The summed E-state index contributed by atoms with van der Waals surface area (Å²) >= 11 is 0. The molecule has 0 aromatic carbocycles. The van der Waals surface area contributed by atoms with Crippen molar-refractivity contribution >= 4 is 13.8 Å². The van der Waals surface area contributed by atoms with Gasteiger partial charge >= 0.3 is 13.8 Å². The first-order valence-corrected chi connectivity index (χ1v) is 28.9. The van der Waals surface area contributed by atoms with Gasteiger partial charge in [0.05, 0.1) is 13.2 Å². The molecule has 12 nitrogen and oxygen atoms in total. The number of allylic oxidation sites excluding steroid dienone is 14. The molecule has 1 aliphatic carbocycles. The van der Waals surface area contributed by atoms with Crippen molar-refractivity contribution in [3.63, 3.8) is 0 Å². The van der Waals surface area contributed by atoms with Crippen LogP contribution in [-0.2, 0) is 27.9 Å². The average molecular weight is 1010 g/mol. The van der Waals surface area contributed by atoms with Crippen LogP contribution in [0.2, 0.25) is 0 Å². The zero-order chi connectivity index (χ0) is 51.2. The molecule has 0 heterocycles. The van der Waals surface area contributed by atoms with Crippen molar-refractivity contribution in [2.24, 2.45) is 0 Å². The van der Waals surface area contributed by atoms with Gasteiger partial charge in [0, 0.05) is 13.0 Å². The van der Waals surface area contributed by atoms with E-state index in [0.29, 0.717) is 13.0 Å². The molecule has 70 heavy (non-hydrogen) atoms. The van der Waals surface area contributed by atoms with Gasteiger partial charge in [0.1, 0.15) is 42.7 Å². The van der Waals surface area contributed by atoms with Crippen LogP contribution in [-0.4, -0.2) is 98.9 Å². The van der Waals surface area contributed by atoms with Crippen LogP contribution in [0.5, 0.6) is 0 Å². The molecule has 0 aliphatic heterocycles. The fraction of sp³-hybridized carbons (Fsp3) is 0.737. The van der Waals surface area contributed by atoms with Crippen molar-refractivity contribution in [3.8, 4) is 0 Å². The van der Waals surface area contributed by atoms with Crippen molar-refractivity contribution < 1.29 is 58.3 Å². The molecule has 0 aromatic rings. The first-order valence-electron chi connectivity index (χ1n) is 27.4. The van der Waals surface area contributed by atoms with Crippen molar-refractivity contribution in [1.29, 1.82) is 0 Å². The number of ether oxygens (including phenoxy) is 2. The maximum Gasteiger partial charge on any atom is 0.472 e. The van der Waals surface area contributed by atoms with Gasteiger partial charge in [-0.1, -0.05) is 195 Å². The third-order valence-electron chi connectivity index (χ3n) is 12.3. The van der Waals surface area contributed by atoms with Gasteiger partial charge in [-0.25, -0.2) is 4.57 Å². The lowest BCUT2D eigenvalue weighted by molar-refractivity contribution is -0.220. The van der Waals surface area contributed by atoms with Gasteiger partial charge in [0.25, 0.3) is 0 Å². The number of hydrogen-bond acceptors (Lipinski definition) is 11. The highest BCUT2D eigenvalue weighted by Crippen LogP contribution is 2.47. The van der Waals surface area contributed by atoms with Crippen LogP contribution in [0.25, 0.3) is 0 Å². The summed E-state index contributed by atoms with van der Waals surface area (Å²) in [6, 6.07) is 0. The van der Waals surface area contributed by atoms with Gasteiger partial charge in [0.2, 0.25) is 0 Å². The number of rotatable bonds is 46. The van der Waals surface area contributed by atoms with E-state index in [9.17, 15) is 39.8 Å². The molecule has 0 saturated heterocycles. The molecule has 6 atom stereocenters. The Balaban J connectivity index is 2.34. The van der Waals surface area contributed by atoms with Gasteiger partial charge in [-0.15, -0.1) is 0 Å². The highest BCUT2D eigenvalue weighted by atomic mass is 31.2. The van der Waals surface area contributed by atoms with Crippen LogP contribution in [0.3, 0.4) is 0 Å². The SMILES string of the molecule is CC/C=C\C/C=C\C/C=C\C/C=C\CCCCCCCCCCC(=O)OC(COCCCCCCCCC/C=C\C/C=C\C/C=C\CCCCCCC)COP(=O)(O)OC1C(O)C(O)C(O)C(O)C1O. The van der Waals surface area contributed by atoms with Gasteiger partial charge in [0.15, 0.2) is 0 Å². The summed E-state index contributed by atoms with van der Waals surface area (Å²) in [5, 5.41) is 50.4. The molecule has 1 fully saturated rings. The Morgan fingerprint density at radius 1 is 0.471 bits per heavy atom. The fourth-order valence-corrected chi connectivity index (χ4v) is 8.91. The molecule has 13 heteroatoms. The lowest BCUT2D eigenvalue weighted by Crippen LogP contribution is -2.64. The van der Waals surface area contributed by atoms with Crippen LogP contribution < -0.4 is 0 Å². The lowest BCUT2D eigenvalue weighted by Gasteiger charge is -2.41.